The third-order valence-corrected chi connectivity index (χ3v) is 3.87. The van der Waals surface area contributed by atoms with Gasteiger partial charge in [0.15, 0.2) is 0 Å². The minimum atomic E-state index is 0.402. The van der Waals surface area contributed by atoms with Crippen LogP contribution in [-0.2, 0) is 0 Å². The molecular weight excluding hydrogens is 320 g/mol. The van der Waals surface area contributed by atoms with Crippen molar-refractivity contribution in [2.75, 3.05) is 37.0 Å². The first-order chi connectivity index (χ1) is 9.63. The molecule has 3 heterocycles. The van der Waals surface area contributed by atoms with Crippen molar-refractivity contribution >= 4 is 27.7 Å². The highest BCUT2D eigenvalue weighted by atomic mass is 79.9. The Morgan fingerprint density at radius 3 is 2.95 bits per heavy atom. The standard InChI is InChI=1S/C13H17BrN6/c1-18(2)13-15-5-3-12(17-13)19-6-4-11(9-19)20-8-10(14)7-16-20/h3,5,7-8,11H,4,6,9H2,1-2H3. The van der Waals surface area contributed by atoms with Crippen molar-refractivity contribution in [1.82, 2.24) is 19.7 Å². The van der Waals surface area contributed by atoms with Crippen LogP contribution >= 0.6 is 15.9 Å². The fraction of sp³-hybridized carbons (Fsp3) is 0.462. The summed E-state index contributed by atoms with van der Waals surface area (Å²) in [4.78, 5) is 13.0. The zero-order chi connectivity index (χ0) is 14.1. The van der Waals surface area contributed by atoms with Gasteiger partial charge in [0.2, 0.25) is 5.95 Å². The zero-order valence-corrected chi connectivity index (χ0v) is 13.2. The largest absolute Gasteiger partial charge is 0.354 e. The van der Waals surface area contributed by atoms with Crippen molar-refractivity contribution in [1.29, 1.82) is 0 Å². The summed E-state index contributed by atoms with van der Waals surface area (Å²) >= 11 is 3.44. The fourth-order valence-electron chi connectivity index (χ4n) is 2.41. The second-order valence-corrected chi connectivity index (χ2v) is 6.05. The van der Waals surface area contributed by atoms with Crippen LogP contribution in [-0.4, -0.2) is 46.9 Å². The number of rotatable bonds is 3. The summed E-state index contributed by atoms with van der Waals surface area (Å²) in [6.45, 7) is 1.92. The molecule has 1 aliphatic rings. The minimum Gasteiger partial charge on any atom is -0.354 e. The van der Waals surface area contributed by atoms with E-state index in [4.69, 9.17) is 0 Å². The van der Waals surface area contributed by atoms with Gasteiger partial charge in [0.1, 0.15) is 5.82 Å². The molecule has 0 saturated carbocycles. The Hall–Kier alpha value is -1.63. The quantitative estimate of drug-likeness (QED) is 0.857. The number of hydrogen-bond acceptors (Lipinski definition) is 5. The summed E-state index contributed by atoms with van der Waals surface area (Å²) in [5.41, 5.74) is 0. The number of anilines is 2. The van der Waals surface area contributed by atoms with Gasteiger partial charge in [0.05, 0.1) is 16.7 Å². The lowest BCUT2D eigenvalue weighted by molar-refractivity contribution is 0.494. The molecule has 1 fully saturated rings. The van der Waals surface area contributed by atoms with E-state index in [1.807, 2.05) is 48.3 Å². The molecule has 106 valence electrons. The topological polar surface area (TPSA) is 50.1 Å². The van der Waals surface area contributed by atoms with E-state index >= 15 is 0 Å². The van der Waals surface area contributed by atoms with E-state index < -0.39 is 0 Å². The minimum absolute atomic E-state index is 0.402. The molecule has 1 atom stereocenters. The second kappa shape index (κ2) is 5.40. The van der Waals surface area contributed by atoms with Crippen molar-refractivity contribution in [2.24, 2.45) is 0 Å². The third-order valence-electron chi connectivity index (χ3n) is 3.46. The van der Waals surface area contributed by atoms with E-state index in [9.17, 15) is 0 Å². The van der Waals surface area contributed by atoms with Crippen molar-refractivity contribution in [2.45, 2.75) is 12.5 Å². The van der Waals surface area contributed by atoms with Crippen LogP contribution in [0.2, 0.25) is 0 Å². The van der Waals surface area contributed by atoms with Crippen LogP contribution in [0, 0.1) is 0 Å². The smallest absolute Gasteiger partial charge is 0.226 e. The molecule has 0 aliphatic carbocycles. The zero-order valence-electron chi connectivity index (χ0n) is 11.6. The predicted molar refractivity (Wildman–Crippen MR) is 82.2 cm³/mol. The lowest BCUT2D eigenvalue weighted by atomic mass is 10.3. The van der Waals surface area contributed by atoms with Gasteiger partial charge in [-0.05, 0) is 28.4 Å². The Morgan fingerprint density at radius 1 is 1.40 bits per heavy atom. The van der Waals surface area contributed by atoms with Gasteiger partial charge in [-0.1, -0.05) is 0 Å². The van der Waals surface area contributed by atoms with Gasteiger partial charge in [-0.15, -0.1) is 0 Å². The number of nitrogens with zero attached hydrogens (tertiary/aromatic N) is 6. The molecule has 0 N–H and O–H groups in total. The van der Waals surface area contributed by atoms with E-state index in [0.717, 1.165) is 35.7 Å². The second-order valence-electron chi connectivity index (χ2n) is 5.14. The summed E-state index contributed by atoms with van der Waals surface area (Å²) in [6.07, 6.45) is 6.75. The maximum Gasteiger partial charge on any atom is 0.226 e. The fourth-order valence-corrected chi connectivity index (χ4v) is 2.71. The molecule has 0 aromatic carbocycles. The lowest BCUT2D eigenvalue weighted by Gasteiger charge is -2.19. The first kappa shape index (κ1) is 13.4. The van der Waals surface area contributed by atoms with Gasteiger partial charge in [0.25, 0.3) is 0 Å². The molecule has 1 unspecified atom stereocenters. The van der Waals surface area contributed by atoms with Crippen LogP contribution in [0.1, 0.15) is 12.5 Å². The summed E-state index contributed by atoms with van der Waals surface area (Å²) in [5.74, 6) is 1.73. The SMILES string of the molecule is CN(C)c1nccc(N2CCC(n3cc(Br)cn3)C2)n1. The van der Waals surface area contributed by atoms with Gasteiger partial charge in [0, 0.05) is 39.6 Å². The average Bonchev–Trinajstić information content (AvgIpc) is 3.07. The average molecular weight is 337 g/mol. The van der Waals surface area contributed by atoms with Crippen LogP contribution in [0.4, 0.5) is 11.8 Å². The van der Waals surface area contributed by atoms with E-state index in [0.29, 0.717) is 6.04 Å². The highest BCUT2D eigenvalue weighted by Crippen LogP contribution is 2.26. The van der Waals surface area contributed by atoms with Crippen LogP contribution in [0.3, 0.4) is 0 Å². The molecule has 6 nitrogen and oxygen atoms in total. The summed E-state index contributed by atoms with van der Waals surface area (Å²) in [6, 6.07) is 2.37. The van der Waals surface area contributed by atoms with Gasteiger partial charge in [-0.2, -0.15) is 10.1 Å². The van der Waals surface area contributed by atoms with E-state index in [1.54, 1.807) is 0 Å². The van der Waals surface area contributed by atoms with Crippen LogP contribution in [0.15, 0.2) is 29.1 Å². The van der Waals surface area contributed by atoms with Crippen molar-refractivity contribution in [3.63, 3.8) is 0 Å². The summed E-state index contributed by atoms with van der Waals surface area (Å²) in [5, 5.41) is 4.37. The van der Waals surface area contributed by atoms with Crippen LogP contribution in [0.25, 0.3) is 0 Å². The van der Waals surface area contributed by atoms with Crippen molar-refractivity contribution in [3.05, 3.63) is 29.1 Å². The van der Waals surface area contributed by atoms with Crippen LogP contribution < -0.4 is 9.80 Å². The molecule has 7 heteroatoms. The number of aromatic nitrogens is 4. The Morgan fingerprint density at radius 2 is 2.25 bits per heavy atom. The monoisotopic (exact) mass is 336 g/mol. The summed E-state index contributed by atoms with van der Waals surface area (Å²) < 4.78 is 3.05. The van der Waals surface area contributed by atoms with Crippen molar-refractivity contribution < 1.29 is 0 Å². The normalized spacial score (nSPS) is 18.6. The molecule has 0 amide bonds. The molecule has 0 radical (unpaired) electrons. The molecular formula is C13H17BrN6. The van der Waals surface area contributed by atoms with Gasteiger partial charge in [-0.3, -0.25) is 4.68 Å². The van der Waals surface area contributed by atoms with E-state index in [2.05, 4.69) is 35.9 Å². The summed E-state index contributed by atoms with van der Waals surface area (Å²) in [7, 11) is 3.90. The number of hydrogen-bond donors (Lipinski definition) is 0. The van der Waals surface area contributed by atoms with Gasteiger partial charge in [-0.25, -0.2) is 4.98 Å². The molecule has 20 heavy (non-hydrogen) atoms. The van der Waals surface area contributed by atoms with E-state index in [-0.39, 0.29) is 0 Å². The van der Waals surface area contributed by atoms with Crippen molar-refractivity contribution in [3.8, 4) is 0 Å². The predicted octanol–water partition coefficient (Wildman–Crippen LogP) is 1.95. The molecule has 3 rings (SSSR count). The third kappa shape index (κ3) is 2.63. The molecule has 2 aromatic heterocycles. The highest BCUT2D eigenvalue weighted by Gasteiger charge is 2.25. The maximum atomic E-state index is 4.59. The molecule has 2 aromatic rings. The van der Waals surface area contributed by atoms with Gasteiger partial charge >= 0.3 is 0 Å². The first-order valence-electron chi connectivity index (χ1n) is 6.58. The molecule has 1 aliphatic heterocycles. The Kier molecular flexibility index (Phi) is 3.60. The Labute approximate surface area is 126 Å². The van der Waals surface area contributed by atoms with Crippen LogP contribution in [0.5, 0.6) is 0 Å². The Bertz CT molecular complexity index is 596. The molecule has 0 spiro atoms. The first-order valence-corrected chi connectivity index (χ1v) is 7.38. The van der Waals surface area contributed by atoms with Gasteiger partial charge < -0.3 is 9.80 Å². The maximum absolute atomic E-state index is 4.59. The van der Waals surface area contributed by atoms with E-state index in [1.165, 1.54) is 0 Å². The molecule has 1 saturated heterocycles. The number of halogens is 1. The lowest BCUT2D eigenvalue weighted by Crippen LogP contribution is -2.23. The highest BCUT2D eigenvalue weighted by molar-refractivity contribution is 9.10. The molecule has 0 bridgehead atoms. The Balaban J connectivity index is 1.75.